The van der Waals surface area contributed by atoms with Gasteiger partial charge in [0.05, 0.1) is 6.61 Å². The van der Waals surface area contributed by atoms with E-state index in [1.807, 2.05) is 6.07 Å². The van der Waals surface area contributed by atoms with E-state index in [4.69, 9.17) is 21.3 Å². The zero-order valence-corrected chi connectivity index (χ0v) is 12.8. The first-order valence-corrected chi connectivity index (χ1v) is 8.02. The van der Waals surface area contributed by atoms with Crippen LogP contribution in [0.5, 0.6) is 0 Å². The van der Waals surface area contributed by atoms with Crippen molar-refractivity contribution in [3.8, 4) is 0 Å². The highest BCUT2D eigenvalue weighted by atomic mass is 35.5. The summed E-state index contributed by atoms with van der Waals surface area (Å²) in [4.78, 5) is 11.5. The summed E-state index contributed by atoms with van der Waals surface area (Å²) in [6, 6.07) is 1.93. The molecule has 0 radical (unpaired) electrons. The van der Waals surface area contributed by atoms with Gasteiger partial charge in [-0.1, -0.05) is 31.4 Å². The van der Waals surface area contributed by atoms with Gasteiger partial charge in [-0.2, -0.15) is 0 Å². The van der Waals surface area contributed by atoms with Crippen LogP contribution in [-0.4, -0.2) is 41.1 Å². The van der Waals surface area contributed by atoms with Crippen LogP contribution in [0.15, 0.2) is 6.07 Å². The van der Waals surface area contributed by atoms with Gasteiger partial charge < -0.3 is 4.74 Å². The number of ether oxygens (including phenoxy) is 1. The van der Waals surface area contributed by atoms with Crippen LogP contribution >= 0.6 is 11.6 Å². The van der Waals surface area contributed by atoms with Gasteiger partial charge in [0.15, 0.2) is 5.82 Å². The smallest absolute Gasteiger partial charge is 0.160 e. The van der Waals surface area contributed by atoms with E-state index in [0.29, 0.717) is 11.1 Å². The zero-order valence-electron chi connectivity index (χ0n) is 12.0. The predicted octanol–water partition coefficient (Wildman–Crippen LogP) is 3.18. The Morgan fingerprint density at radius 1 is 1.35 bits per heavy atom. The molecule has 1 aromatic rings. The summed E-state index contributed by atoms with van der Waals surface area (Å²) >= 11 is 6.20. The van der Waals surface area contributed by atoms with Crippen LogP contribution in [0.25, 0.3) is 0 Å². The van der Waals surface area contributed by atoms with Crippen molar-refractivity contribution in [3.05, 3.63) is 22.7 Å². The molecule has 1 saturated heterocycles. The lowest BCUT2D eigenvalue weighted by Gasteiger charge is -2.31. The Kier molecular flexibility index (Phi) is 4.54. The van der Waals surface area contributed by atoms with Gasteiger partial charge in [0, 0.05) is 24.7 Å². The maximum absolute atomic E-state index is 6.20. The Labute approximate surface area is 125 Å². The van der Waals surface area contributed by atoms with Crippen molar-refractivity contribution in [1.29, 1.82) is 0 Å². The molecule has 1 saturated carbocycles. The Hall–Kier alpha value is -0.710. The van der Waals surface area contributed by atoms with Gasteiger partial charge in [0.1, 0.15) is 11.3 Å². The molecule has 1 aromatic heterocycles. The van der Waals surface area contributed by atoms with Gasteiger partial charge in [-0.05, 0) is 25.5 Å². The summed E-state index contributed by atoms with van der Waals surface area (Å²) in [5.74, 6) is 1.32. The van der Waals surface area contributed by atoms with Crippen molar-refractivity contribution in [2.24, 2.45) is 0 Å². The lowest BCUT2D eigenvalue weighted by atomic mass is 10.0. The fourth-order valence-corrected chi connectivity index (χ4v) is 3.37. The van der Waals surface area contributed by atoms with Crippen LogP contribution in [0.4, 0.5) is 0 Å². The van der Waals surface area contributed by atoms with Crippen molar-refractivity contribution < 1.29 is 4.74 Å². The maximum atomic E-state index is 6.20. The van der Waals surface area contributed by atoms with E-state index >= 15 is 0 Å². The first-order valence-electron chi connectivity index (χ1n) is 7.64. The molecule has 1 aliphatic carbocycles. The minimum atomic E-state index is -0.0393. The predicted molar refractivity (Wildman–Crippen MR) is 79.1 cm³/mol. The van der Waals surface area contributed by atoms with Crippen molar-refractivity contribution in [1.82, 2.24) is 14.9 Å². The standard InChI is InChI=1S/C15H22ClN3O/c1-2-19-7-8-20-13(10-19)15-17-12(9-14(16)18-15)11-5-3-4-6-11/h9,11,13H,2-8,10H2,1H3. The van der Waals surface area contributed by atoms with Crippen molar-refractivity contribution in [3.63, 3.8) is 0 Å². The summed E-state index contributed by atoms with van der Waals surface area (Å²) in [5, 5.41) is 0.550. The van der Waals surface area contributed by atoms with Crippen LogP contribution in [0.2, 0.25) is 5.15 Å². The molecule has 2 heterocycles. The normalized spacial score (nSPS) is 25.2. The Morgan fingerprint density at radius 2 is 2.15 bits per heavy atom. The fourth-order valence-electron chi connectivity index (χ4n) is 3.17. The molecule has 4 nitrogen and oxygen atoms in total. The second kappa shape index (κ2) is 6.37. The lowest BCUT2D eigenvalue weighted by Crippen LogP contribution is -2.38. The molecule has 110 valence electrons. The molecular formula is C15H22ClN3O. The van der Waals surface area contributed by atoms with E-state index in [0.717, 1.165) is 37.8 Å². The summed E-state index contributed by atoms with van der Waals surface area (Å²) in [7, 11) is 0. The van der Waals surface area contributed by atoms with E-state index < -0.39 is 0 Å². The molecule has 2 aliphatic rings. The highest BCUT2D eigenvalue weighted by Gasteiger charge is 2.26. The molecule has 5 heteroatoms. The molecule has 1 atom stereocenters. The number of morpholine rings is 1. The molecule has 3 rings (SSSR count). The molecule has 0 bridgehead atoms. The summed E-state index contributed by atoms with van der Waals surface area (Å²) in [6.07, 6.45) is 5.00. The highest BCUT2D eigenvalue weighted by molar-refractivity contribution is 6.29. The zero-order chi connectivity index (χ0) is 13.9. The van der Waals surface area contributed by atoms with Crippen LogP contribution in [0, 0.1) is 0 Å². The monoisotopic (exact) mass is 295 g/mol. The van der Waals surface area contributed by atoms with Gasteiger partial charge in [0.25, 0.3) is 0 Å². The van der Waals surface area contributed by atoms with E-state index in [2.05, 4.69) is 16.8 Å². The number of hydrogen-bond donors (Lipinski definition) is 0. The van der Waals surface area contributed by atoms with Gasteiger partial charge in [-0.3, -0.25) is 4.90 Å². The van der Waals surface area contributed by atoms with Crippen LogP contribution in [0.3, 0.4) is 0 Å². The summed E-state index contributed by atoms with van der Waals surface area (Å²) in [5.41, 5.74) is 1.11. The van der Waals surface area contributed by atoms with Crippen molar-refractivity contribution in [2.45, 2.75) is 44.6 Å². The number of rotatable bonds is 3. The first kappa shape index (κ1) is 14.2. The van der Waals surface area contributed by atoms with Crippen LogP contribution in [0.1, 0.15) is 56.1 Å². The second-order valence-electron chi connectivity index (χ2n) is 5.71. The molecule has 2 fully saturated rings. The average molecular weight is 296 g/mol. The summed E-state index contributed by atoms with van der Waals surface area (Å²) in [6.45, 7) is 5.80. The Balaban J connectivity index is 1.81. The molecule has 20 heavy (non-hydrogen) atoms. The maximum Gasteiger partial charge on any atom is 0.160 e. The average Bonchev–Trinajstić information content (AvgIpc) is 3.01. The largest absolute Gasteiger partial charge is 0.368 e. The van der Waals surface area contributed by atoms with E-state index in [9.17, 15) is 0 Å². The van der Waals surface area contributed by atoms with Crippen molar-refractivity contribution in [2.75, 3.05) is 26.2 Å². The quantitative estimate of drug-likeness (QED) is 0.803. The van der Waals surface area contributed by atoms with E-state index in [1.54, 1.807) is 0 Å². The van der Waals surface area contributed by atoms with Gasteiger partial charge >= 0.3 is 0 Å². The van der Waals surface area contributed by atoms with Crippen LogP contribution in [-0.2, 0) is 4.74 Å². The molecule has 0 spiro atoms. The number of likely N-dealkylation sites (N-methyl/N-ethyl adjacent to an activating group) is 1. The molecule has 0 amide bonds. The fraction of sp³-hybridized carbons (Fsp3) is 0.733. The topological polar surface area (TPSA) is 38.2 Å². The number of hydrogen-bond acceptors (Lipinski definition) is 4. The Bertz CT molecular complexity index is 462. The number of nitrogens with zero attached hydrogens (tertiary/aromatic N) is 3. The van der Waals surface area contributed by atoms with Gasteiger partial charge in [-0.15, -0.1) is 0 Å². The van der Waals surface area contributed by atoms with Gasteiger partial charge in [0.2, 0.25) is 0 Å². The summed E-state index contributed by atoms with van der Waals surface area (Å²) < 4.78 is 5.84. The third kappa shape index (κ3) is 3.13. The van der Waals surface area contributed by atoms with E-state index in [-0.39, 0.29) is 6.10 Å². The minimum absolute atomic E-state index is 0.0393. The highest BCUT2D eigenvalue weighted by Crippen LogP contribution is 2.34. The Morgan fingerprint density at radius 3 is 2.90 bits per heavy atom. The minimum Gasteiger partial charge on any atom is -0.368 e. The lowest BCUT2D eigenvalue weighted by molar-refractivity contribution is -0.0327. The molecule has 1 aliphatic heterocycles. The molecular weight excluding hydrogens is 274 g/mol. The van der Waals surface area contributed by atoms with E-state index in [1.165, 1.54) is 25.7 Å². The second-order valence-corrected chi connectivity index (χ2v) is 6.10. The first-order chi connectivity index (χ1) is 9.76. The molecule has 1 unspecified atom stereocenters. The van der Waals surface area contributed by atoms with Crippen LogP contribution < -0.4 is 0 Å². The number of halogens is 1. The van der Waals surface area contributed by atoms with Crippen molar-refractivity contribution >= 4 is 11.6 Å². The van der Waals surface area contributed by atoms with Gasteiger partial charge in [-0.25, -0.2) is 9.97 Å². The molecule has 0 N–H and O–H groups in total. The SMILES string of the molecule is CCN1CCOC(c2nc(Cl)cc(C3CCCC3)n2)C1. The number of aromatic nitrogens is 2. The third-order valence-electron chi connectivity index (χ3n) is 4.39. The molecule has 0 aromatic carbocycles. The third-order valence-corrected chi connectivity index (χ3v) is 4.58.